The predicted octanol–water partition coefficient (Wildman–Crippen LogP) is 3.47. The molecule has 0 amide bonds. The molecule has 1 heterocycles. The summed E-state index contributed by atoms with van der Waals surface area (Å²) in [6.07, 6.45) is 0.878. The van der Waals surface area contributed by atoms with E-state index in [-0.39, 0.29) is 4.64 Å². The number of aromatic nitrogens is 2. The molecule has 0 radical (unpaired) electrons. The van der Waals surface area contributed by atoms with Crippen LogP contribution in [0.3, 0.4) is 0 Å². The van der Waals surface area contributed by atoms with E-state index in [9.17, 15) is 5.26 Å². The average molecular weight is 271 g/mol. The van der Waals surface area contributed by atoms with Gasteiger partial charge in [-0.1, -0.05) is 49.5 Å². The summed E-state index contributed by atoms with van der Waals surface area (Å²) in [5.74, 6) is 0. The Labute approximate surface area is 116 Å². The fourth-order valence-electron chi connectivity index (χ4n) is 1.64. The van der Waals surface area contributed by atoms with Crippen LogP contribution in [-0.4, -0.2) is 16.6 Å². The Morgan fingerprint density at radius 2 is 2.11 bits per heavy atom. The van der Waals surface area contributed by atoms with E-state index in [0.717, 1.165) is 12.0 Å². The minimum absolute atomic E-state index is 0.256. The van der Waals surface area contributed by atoms with Gasteiger partial charge in [-0.3, -0.25) is 0 Å². The molecule has 1 aromatic carbocycles. The smallest absolute Gasteiger partial charge is 0.295 e. The number of aromatic amines is 1. The fourth-order valence-corrected chi connectivity index (χ4v) is 1.88. The zero-order valence-corrected chi connectivity index (χ0v) is 11.3. The van der Waals surface area contributed by atoms with E-state index in [2.05, 4.69) is 16.0 Å². The second kappa shape index (κ2) is 6.12. The van der Waals surface area contributed by atoms with Crippen molar-refractivity contribution in [3.8, 4) is 23.3 Å². The monoisotopic (exact) mass is 271 g/mol. The molecule has 0 spiro atoms. The summed E-state index contributed by atoms with van der Waals surface area (Å²) in [6, 6.07) is 12.0. The Balaban J connectivity index is 2.55. The van der Waals surface area contributed by atoms with E-state index in [4.69, 9.17) is 17.0 Å². The molecule has 0 fully saturated rings. The van der Waals surface area contributed by atoms with Gasteiger partial charge in [0.15, 0.2) is 4.64 Å². The van der Waals surface area contributed by atoms with Crippen LogP contribution in [0.25, 0.3) is 11.3 Å². The first-order valence-electron chi connectivity index (χ1n) is 5.99. The van der Waals surface area contributed by atoms with Crippen LogP contribution in [-0.2, 0) is 0 Å². The highest BCUT2D eigenvalue weighted by Crippen LogP contribution is 2.23. The fraction of sp³-hybridized carbons (Fsp3) is 0.214. The van der Waals surface area contributed by atoms with Crippen molar-refractivity contribution in [1.82, 2.24) is 9.97 Å². The van der Waals surface area contributed by atoms with Gasteiger partial charge in [0.1, 0.15) is 11.6 Å². The molecule has 1 N–H and O–H groups in total. The van der Waals surface area contributed by atoms with Crippen molar-refractivity contribution in [3.63, 3.8) is 0 Å². The second-order valence-electron chi connectivity index (χ2n) is 3.92. The lowest BCUT2D eigenvalue weighted by Gasteiger charge is -2.08. The van der Waals surface area contributed by atoms with E-state index in [0.29, 0.717) is 23.9 Å². The van der Waals surface area contributed by atoms with Crippen molar-refractivity contribution in [2.75, 3.05) is 6.61 Å². The molecule has 2 rings (SSSR count). The van der Waals surface area contributed by atoms with Crippen LogP contribution in [0.4, 0.5) is 0 Å². The Bertz CT molecular complexity index is 659. The van der Waals surface area contributed by atoms with Gasteiger partial charge in [-0.05, 0) is 12.0 Å². The number of rotatable bonds is 4. The Kier molecular flexibility index (Phi) is 4.26. The predicted molar refractivity (Wildman–Crippen MR) is 75.4 cm³/mol. The first kappa shape index (κ1) is 13.2. The molecule has 0 unspecified atom stereocenters. The van der Waals surface area contributed by atoms with Gasteiger partial charge in [0.2, 0.25) is 0 Å². The zero-order chi connectivity index (χ0) is 13.7. The standard InChI is InChI=1S/C14H13N3OS/c1-2-8-18-14-16-12(10-6-4-3-5-7-10)11(9-15)13(19)17-14/h3-7H,2,8H2,1H3,(H,16,17,19). The van der Waals surface area contributed by atoms with Crippen molar-refractivity contribution in [2.24, 2.45) is 0 Å². The maximum absolute atomic E-state index is 9.21. The number of nitriles is 1. The van der Waals surface area contributed by atoms with Gasteiger partial charge in [0, 0.05) is 0 Å². The highest BCUT2D eigenvalue weighted by Gasteiger charge is 2.10. The van der Waals surface area contributed by atoms with Gasteiger partial charge in [-0.2, -0.15) is 10.2 Å². The average Bonchev–Trinajstić information content (AvgIpc) is 2.45. The van der Waals surface area contributed by atoms with Gasteiger partial charge < -0.3 is 9.72 Å². The highest BCUT2D eigenvalue weighted by atomic mass is 32.1. The van der Waals surface area contributed by atoms with Crippen molar-refractivity contribution in [3.05, 3.63) is 40.5 Å². The molecule has 1 aromatic heterocycles. The van der Waals surface area contributed by atoms with Crippen LogP contribution in [0, 0.1) is 16.0 Å². The van der Waals surface area contributed by atoms with E-state index >= 15 is 0 Å². The number of nitrogens with one attached hydrogen (secondary N) is 1. The third kappa shape index (κ3) is 2.98. The summed E-state index contributed by atoms with van der Waals surface area (Å²) in [6.45, 7) is 2.56. The number of H-pyrrole nitrogens is 1. The van der Waals surface area contributed by atoms with Gasteiger partial charge >= 0.3 is 0 Å². The molecule has 5 heteroatoms. The van der Waals surface area contributed by atoms with Crippen molar-refractivity contribution in [1.29, 1.82) is 5.26 Å². The normalized spacial score (nSPS) is 9.89. The molecule has 96 valence electrons. The van der Waals surface area contributed by atoms with Crippen molar-refractivity contribution in [2.45, 2.75) is 13.3 Å². The molecule has 0 aliphatic carbocycles. The Morgan fingerprint density at radius 3 is 2.74 bits per heavy atom. The third-order valence-electron chi connectivity index (χ3n) is 2.52. The molecule has 0 aliphatic heterocycles. The molecular formula is C14H13N3OS. The number of hydrogen-bond acceptors (Lipinski definition) is 4. The van der Waals surface area contributed by atoms with E-state index in [1.807, 2.05) is 37.3 Å². The van der Waals surface area contributed by atoms with Gasteiger partial charge in [-0.15, -0.1) is 0 Å². The Morgan fingerprint density at radius 1 is 1.37 bits per heavy atom. The van der Waals surface area contributed by atoms with Gasteiger partial charge in [-0.25, -0.2) is 0 Å². The summed E-state index contributed by atoms with van der Waals surface area (Å²) in [5, 5.41) is 9.21. The highest BCUT2D eigenvalue weighted by molar-refractivity contribution is 7.71. The van der Waals surface area contributed by atoms with Crippen LogP contribution in [0.5, 0.6) is 6.01 Å². The molecule has 4 nitrogen and oxygen atoms in total. The largest absolute Gasteiger partial charge is 0.465 e. The molecule has 2 aromatic rings. The topological polar surface area (TPSA) is 61.7 Å². The van der Waals surface area contributed by atoms with E-state index in [1.165, 1.54) is 0 Å². The maximum atomic E-state index is 9.21. The van der Waals surface area contributed by atoms with Crippen LogP contribution in [0.2, 0.25) is 0 Å². The number of hydrogen-bond donors (Lipinski definition) is 1. The lowest BCUT2D eigenvalue weighted by Crippen LogP contribution is -2.03. The van der Waals surface area contributed by atoms with Crippen LogP contribution in [0.1, 0.15) is 18.9 Å². The lowest BCUT2D eigenvalue weighted by molar-refractivity contribution is 0.292. The number of benzene rings is 1. The quantitative estimate of drug-likeness (QED) is 0.865. The molecule has 0 atom stereocenters. The van der Waals surface area contributed by atoms with Crippen molar-refractivity contribution >= 4 is 12.2 Å². The van der Waals surface area contributed by atoms with Crippen LogP contribution < -0.4 is 4.74 Å². The second-order valence-corrected chi connectivity index (χ2v) is 4.31. The molecule has 0 saturated carbocycles. The van der Waals surface area contributed by atoms with Crippen molar-refractivity contribution < 1.29 is 4.74 Å². The Hall–Kier alpha value is -2.19. The minimum Gasteiger partial charge on any atom is -0.465 e. The van der Waals surface area contributed by atoms with Gasteiger partial charge in [0.25, 0.3) is 6.01 Å². The molecule has 0 saturated heterocycles. The summed E-state index contributed by atoms with van der Waals surface area (Å²) in [4.78, 5) is 7.12. The zero-order valence-electron chi connectivity index (χ0n) is 10.5. The molecule has 0 bridgehead atoms. The molecule has 0 aliphatic rings. The first-order valence-corrected chi connectivity index (χ1v) is 6.39. The van der Waals surface area contributed by atoms with Crippen LogP contribution >= 0.6 is 12.2 Å². The first-order chi connectivity index (χ1) is 9.26. The summed E-state index contributed by atoms with van der Waals surface area (Å²) >= 11 is 5.14. The van der Waals surface area contributed by atoms with E-state index in [1.54, 1.807) is 0 Å². The van der Waals surface area contributed by atoms with Crippen LogP contribution in [0.15, 0.2) is 30.3 Å². The molecular weight excluding hydrogens is 258 g/mol. The maximum Gasteiger partial charge on any atom is 0.295 e. The minimum atomic E-state index is 0.256. The van der Waals surface area contributed by atoms with Gasteiger partial charge in [0.05, 0.1) is 12.3 Å². The third-order valence-corrected chi connectivity index (χ3v) is 2.81. The number of nitrogens with zero attached hydrogens (tertiary/aromatic N) is 2. The molecule has 19 heavy (non-hydrogen) atoms. The number of ether oxygens (including phenoxy) is 1. The summed E-state index contributed by atoms with van der Waals surface area (Å²) in [7, 11) is 0. The summed E-state index contributed by atoms with van der Waals surface area (Å²) < 4.78 is 5.71. The summed E-state index contributed by atoms with van der Waals surface area (Å²) in [5.41, 5.74) is 1.90. The SMILES string of the molecule is CCCOc1nc(=S)c(C#N)c(-c2ccccc2)[nH]1. The van der Waals surface area contributed by atoms with E-state index < -0.39 is 0 Å². The lowest BCUT2D eigenvalue weighted by atomic mass is 10.1.